The van der Waals surface area contributed by atoms with Gasteiger partial charge in [0.25, 0.3) is 0 Å². The zero-order valence-corrected chi connectivity index (χ0v) is 11.8. The van der Waals surface area contributed by atoms with E-state index in [0.717, 1.165) is 27.6 Å². The Kier molecular flexibility index (Phi) is 2.39. The van der Waals surface area contributed by atoms with Crippen LogP contribution in [0.15, 0.2) is 57.4 Å². The van der Waals surface area contributed by atoms with Gasteiger partial charge in [0.2, 0.25) is 0 Å². The molecule has 2 aromatic carbocycles. The number of fused-ring (bicyclic) bond motifs is 2. The molecule has 1 nitrogen and oxygen atoms in total. The van der Waals surface area contributed by atoms with Gasteiger partial charge in [-0.2, -0.15) is 0 Å². The van der Waals surface area contributed by atoms with Gasteiger partial charge >= 0.3 is 0 Å². The van der Waals surface area contributed by atoms with Crippen LogP contribution in [0.2, 0.25) is 0 Å². The number of halogens is 1. The number of allylic oxidation sites excluding steroid dienone is 1. The van der Waals surface area contributed by atoms with Crippen molar-refractivity contribution in [3.8, 4) is 0 Å². The van der Waals surface area contributed by atoms with Crippen molar-refractivity contribution in [2.45, 2.75) is 6.42 Å². The van der Waals surface area contributed by atoms with Gasteiger partial charge in [-0.25, -0.2) is 0 Å². The minimum atomic E-state index is 0.939. The molecule has 0 bridgehead atoms. The second-order valence-corrected chi connectivity index (χ2v) is 5.75. The maximum Gasteiger partial charge on any atom is 0.134 e. The fraction of sp³-hybridized carbons (Fsp3) is 0.0588. The van der Waals surface area contributed by atoms with Crippen molar-refractivity contribution in [3.63, 3.8) is 0 Å². The van der Waals surface area contributed by atoms with E-state index in [9.17, 15) is 0 Å². The molecular formula is C17H11BrO. The van der Waals surface area contributed by atoms with E-state index in [4.69, 9.17) is 4.42 Å². The molecule has 1 aliphatic rings. The van der Waals surface area contributed by atoms with Gasteiger partial charge in [0.15, 0.2) is 0 Å². The van der Waals surface area contributed by atoms with Crippen LogP contribution in [-0.4, -0.2) is 0 Å². The third kappa shape index (κ3) is 1.83. The molecule has 1 aromatic heterocycles. The molecule has 1 heterocycles. The molecule has 2 heteroatoms. The number of hydrogen-bond acceptors (Lipinski definition) is 1. The molecule has 0 radical (unpaired) electrons. The van der Waals surface area contributed by atoms with Crippen molar-refractivity contribution >= 4 is 38.5 Å². The predicted octanol–water partition coefficient (Wildman–Crippen LogP) is 5.29. The first-order chi connectivity index (χ1) is 9.29. The van der Waals surface area contributed by atoms with Gasteiger partial charge in [0.1, 0.15) is 11.3 Å². The smallest absolute Gasteiger partial charge is 0.134 e. The van der Waals surface area contributed by atoms with E-state index >= 15 is 0 Å². The van der Waals surface area contributed by atoms with E-state index in [1.807, 2.05) is 18.2 Å². The molecule has 0 aliphatic heterocycles. The van der Waals surface area contributed by atoms with E-state index in [1.54, 1.807) is 0 Å². The molecule has 0 saturated carbocycles. The molecule has 0 fully saturated rings. The van der Waals surface area contributed by atoms with Crippen LogP contribution in [0, 0.1) is 0 Å². The van der Waals surface area contributed by atoms with Gasteiger partial charge in [0.05, 0.1) is 0 Å². The van der Waals surface area contributed by atoms with Gasteiger partial charge < -0.3 is 4.42 Å². The van der Waals surface area contributed by atoms with Crippen molar-refractivity contribution in [2.24, 2.45) is 0 Å². The third-order valence-corrected chi connectivity index (χ3v) is 4.05. The molecule has 3 aromatic rings. The maximum absolute atomic E-state index is 5.93. The molecule has 0 amide bonds. The lowest BCUT2D eigenvalue weighted by atomic mass is 10.1. The summed E-state index contributed by atoms with van der Waals surface area (Å²) >= 11 is 3.52. The summed E-state index contributed by atoms with van der Waals surface area (Å²) < 4.78 is 7.06. The van der Waals surface area contributed by atoms with Crippen LogP contribution in [0.3, 0.4) is 0 Å². The zero-order chi connectivity index (χ0) is 12.8. The second-order valence-electron chi connectivity index (χ2n) is 4.84. The molecule has 0 N–H and O–H groups in total. The first-order valence-electron chi connectivity index (χ1n) is 6.27. The summed E-state index contributed by atoms with van der Waals surface area (Å²) in [5, 5.41) is 1.16. The Hall–Kier alpha value is -1.80. The monoisotopic (exact) mass is 310 g/mol. The largest absolute Gasteiger partial charge is 0.456 e. The molecule has 1 aliphatic carbocycles. The van der Waals surface area contributed by atoms with Gasteiger partial charge in [-0.3, -0.25) is 0 Å². The summed E-state index contributed by atoms with van der Waals surface area (Å²) in [5.41, 5.74) is 4.85. The highest BCUT2D eigenvalue weighted by atomic mass is 79.9. The molecule has 0 atom stereocenters. The number of para-hydroxylation sites is 1. The predicted molar refractivity (Wildman–Crippen MR) is 81.9 cm³/mol. The first-order valence-corrected chi connectivity index (χ1v) is 7.07. The highest BCUT2D eigenvalue weighted by Gasteiger charge is 2.17. The molecule has 0 spiro atoms. The van der Waals surface area contributed by atoms with Gasteiger partial charge in [-0.15, -0.1) is 0 Å². The van der Waals surface area contributed by atoms with Crippen LogP contribution in [0.1, 0.15) is 16.9 Å². The molecule has 0 saturated heterocycles. The fourth-order valence-electron chi connectivity index (χ4n) is 2.61. The van der Waals surface area contributed by atoms with Crippen molar-refractivity contribution in [1.82, 2.24) is 0 Å². The topological polar surface area (TPSA) is 13.1 Å². The van der Waals surface area contributed by atoms with E-state index in [-0.39, 0.29) is 0 Å². The normalized spacial score (nSPS) is 13.6. The molecule has 92 valence electrons. The Balaban J connectivity index is 1.79. The van der Waals surface area contributed by atoms with E-state index in [2.05, 4.69) is 52.3 Å². The maximum atomic E-state index is 5.93. The molecule has 0 unspecified atom stereocenters. The Morgan fingerprint density at radius 1 is 1.00 bits per heavy atom. The summed E-state index contributed by atoms with van der Waals surface area (Å²) in [6, 6.07) is 16.7. The SMILES string of the molecule is Brc1ccc2c(c1)CC(c1cc3ccccc3o1)=C2. The standard InChI is InChI=1S/C17H11BrO/c18-15-6-5-11-7-14(8-13(11)9-15)17-10-12-3-1-2-4-16(12)19-17/h1-7,9-10H,8H2. The Labute approximate surface area is 119 Å². The number of rotatable bonds is 1. The van der Waals surface area contributed by atoms with E-state index in [1.165, 1.54) is 16.7 Å². The third-order valence-electron chi connectivity index (χ3n) is 3.56. The molecule has 4 rings (SSSR count). The van der Waals surface area contributed by atoms with Crippen molar-refractivity contribution < 1.29 is 4.42 Å². The Bertz CT molecular complexity index is 778. The lowest BCUT2D eigenvalue weighted by molar-refractivity contribution is 0.598. The summed E-state index contributed by atoms with van der Waals surface area (Å²) in [6.07, 6.45) is 3.16. The second kappa shape index (κ2) is 4.10. The minimum absolute atomic E-state index is 0.939. The van der Waals surface area contributed by atoms with E-state index < -0.39 is 0 Å². The summed E-state index contributed by atoms with van der Waals surface area (Å²) in [5.74, 6) is 0.980. The van der Waals surface area contributed by atoms with E-state index in [0.29, 0.717) is 0 Å². The Morgan fingerprint density at radius 3 is 2.79 bits per heavy atom. The average Bonchev–Trinajstić information content (AvgIpc) is 3.00. The summed E-state index contributed by atoms with van der Waals surface area (Å²) in [6.45, 7) is 0. The molecule has 19 heavy (non-hydrogen) atoms. The zero-order valence-electron chi connectivity index (χ0n) is 10.2. The highest BCUT2D eigenvalue weighted by molar-refractivity contribution is 9.10. The lowest BCUT2D eigenvalue weighted by Gasteiger charge is -1.98. The van der Waals surface area contributed by atoms with Gasteiger partial charge in [0, 0.05) is 16.3 Å². The number of furan rings is 1. The quantitative estimate of drug-likeness (QED) is 0.595. The van der Waals surface area contributed by atoms with Crippen LogP contribution in [-0.2, 0) is 6.42 Å². The average molecular weight is 311 g/mol. The number of hydrogen-bond donors (Lipinski definition) is 0. The Morgan fingerprint density at radius 2 is 1.89 bits per heavy atom. The van der Waals surface area contributed by atoms with Crippen LogP contribution in [0.4, 0.5) is 0 Å². The van der Waals surface area contributed by atoms with Crippen LogP contribution in [0.5, 0.6) is 0 Å². The molecular weight excluding hydrogens is 300 g/mol. The van der Waals surface area contributed by atoms with Crippen LogP contribution < -0.4 is 0 Å². The van der Waals surface area contributed by atoms with Gasteiger partial charge in [-0.05, 0) is 47.0 Å². The summed E-state index contributed by atoms with van der Waals surface area (Å²) in [7, 11) is 0. The van der Waals surface area contributed by atoms with Crippen LogP contribution in [0.25, 0.3) is 22.6 Å². The first kappa shape index (κ1) is 11.1. The minimum Gasteiger partial charge on any atom is -0.456 e. The van der Waals surface area contributed by atoms with Crippen molar-refractivity contribution in [1.29, 1.82) is 0 Å². The van der Waals surface area contributed by atoms with Crippen molar-refractivity contribution in [3.05, 3.63) is 69.9 Å². The lowest BCUT2D eigenvalue weighted by Crippen LogP contribution is -1.83. The highest BCUT2D eigenvalue weighted by Crippen LogP contribution is 2.35. The van der Waals surface area contributed by atoms with Crippen LogP contribution >= 0.6 is 15.9 Å². The fourth-order valence-corrected chi connectivity index (χ4v) is 3.02. The number of benzene rings is 2. The van der Waals surface area contributed by atoms with Crippen molar-refractivity contribution in [2.75, 3.05) is 0 Å². The summed E-state index contributed by atoms with van der Waals surface area (Å²) in [4.78, 5) is 0. The van der Waals surface area contributed by atoms with Gasteiger partial charge in [-0.1, -0.05) is 40.2 Å².